The van der Waals surface area contributed by atoms with Crippen molar-refractivity contribution in [2.75, 3.05) is 25.4 Å². The third kappa shape index (κ3) is 3.27. The van der Waals surface area contributed by atoms with Crippen molar-refractivity contribution in [2.45, 2.75) is 25.8 Å². The van der Waals surface area contributed by atoms with E-state index in [0.29, 0.717) is 18.2 Å². The summed E-state index contributed by atoms with van der Waals surface area (Å²) in [7, 11) is 0. The topological polar surface area (TPSA) is 84.1 Å². The first-order chi connectivity index (χ1) is 12.9. The van der Waals surface area contributed by atoms with E-state index in [4.69, 9.17) is 5.73 Å². The number of hydrogen-bond donors (Lipinski definition) is 2. The van der Waals surface area contributed by atoms with Gasteiger partial charge in [-0.05, 0) is 35.6 Å². The van der Waals surface area contributed by atoms with Gasteiger partial charge in [-0.3, -0.25) is 4.79 Å². The van der Waals surface area contributed by atoms with E-state index in [1.54, 1.807) is 12.1 Å². The maximum atomic E-state index is 13.9. The van der Waals surface area contributed by atoms with Gasteiger partial charge >= 0.3 is 0 Å². The molecule has 27 heavy (non-hydrogen) atoms. The number of carbonyl (C=O) groups excluding carboxylic acids is 1. The Balaban J connectivity index is 1.72. The van der Waals surface area contributed by atoms with Gasteiger partial charge in [0.05, 0.1) is 6.04 Å². The Labute approximate surface area is 158 Å². The van der Waals surface area contributed by atoms with Gasteiger partial charge in [-0.1, -0.05) is 26.0 Å². The van der Waals surface area contributed by atoms with Crippen molar-refractivity contribution in [3.63, 3.8) is 0 Å². The number of benzene rings is 1. The lowest BCUT2D eigenvalue weighted by atomic mass is 9.89. The average molecular weight is 369 g/mol. The van der Waals surface area contributed by atoms with E-state index in [2.05, 4.69) is 15.3 Å². The van der Waals surface area contributed by atoms with Gasteiger partial charge in [-0.15, -0.1) is 0 Å². The van der Waals surface area contributed by atoms with Crippen LogP contribution in [-0.2, 0) is 0 Å². The first kappa shape index (κ1) is 17.9. The summed E-state index contributed by atoms with van der Waals surface area (Å²) >= 11 is 0. The van der Waals surface area contributed by atoms with Gasteiger partial charge in [0.25, 0.3) is 5.91 Å². The number of nitrogens with one attached hydrogen (secondary N) is 1. The standard InChI is InChI=1S/C20H24FN5O/c1-11(2)16-7-17(25-20(22)24-16)19(27)26-10-13-8-23-9-15(13)18(26)12-4-3-5-14(21)6-12/h3-7,11,13,15,18,23H,8-10H2,1-2H3,(H2,22,24,25)/t13-,15-,18+/m0/s1. The number of aromatic nitrogens is 2. The highest BCUT2D eigenvalue weighted by molar-refractivity contribution is 5.93. The SMILES string of the molecule is CC(C)c1cc(C(=O)N2C[C@@H]3CNC[C@@H]3[C@H]2c2cccc(F)c2)nc(N)n1. The number of nitrogens with two attached hydrogens (primary N) is 1. The highest BCUT2D eigenvalue weighted by Gasteiger charge is 2.47. The smallest absolute Gasteiger partial charge is 0.273 e. The minimum absolute atomic E-state index is 0.105. The number of rotatable bonds is 3. The van der Waals surface area contributed by atoms with Crippen molar-refractivity contribution in [3.05, 3.63) is 53.1 Å². The molecule has 1 aromatic heterocycles. The monoisotopic (exact) mass is 369 g/mol. The zero-order valence-electron chi connectivity index (χ0n) is 15.5. The van der Waals surface area contributed by atoms with Gasteiger partial charge in [-0.25, -0.2) is 14.4 Å². The maximum absolute atomic E-state index is 13.9. The fourth-order valence-corrected chi connectivity index (χ4v) is 4.28. The van der Waals surface area contributed by atoms with Crippen molar-refractivity contribution in [1.82, 2.24) is 20.2 Å². The molecule has 2 aromatic rings. The molecule has 2 saturated heterocycles. The van der Waals surface area contributed by atoms with Crippen molar-refractivity contribution in [2.24, 2.45) is 11.8 Å². The molecule has 7 heteroatoms. The van der Waals surface area contributed by atoms with E-state index >= 15 is 0 Å². The van der Waals surface area contributed by atoms with Crippen LogP contribution in [0.3, 0.4) is 0 Å². The van der Waals surface area contributed by atoms with E-state index in [1.807, 2.05) is 24.8 Å². The third-order valence-electron chi connectivity index (χ3n) is 5.59. The number of anilines is 1. The molecule has 2 fully saturated rings. The van der Waals surface area contributed by atoms with E-state index in [9.17, 15) is 9.18 Å². The summed E-state index contributed by atoms with van der Waals surface area (Å²) in [5.41, 5.74) is 7.71. The number of hydrogen-bond acceptors (Lipinski definition) is 5. The van der Waals surface area contributed by atoms with Crippen LogP contribution in [0.4, 0.5) is 10.3 Å². The summed E-state index contributed by atoms with van der Waals surface area (Å²) in [6.07, 6.45) is 0. The Hall–Kier alpha value is -2.54. The van der Waals surface area contributed by atoms with Crippen LogP contribution < -0.4 is 11.1 Å². The molecule has 0 bridgehead atoms. The van der Waals surface area contributed by atoms with Gasteiger partial charge < -0.3 is 16.0 Å². The molecule has 6 nitrogen and oxygen atoms in total. The van der Waals surface area contributed by atoms with Crippen LogP contribution in [0.1, 0.15) is 47.6 Å². The molecule has 0 saturated carbocycles. The lowest BCUT2D eigenvalue weighted by Gasteiger charge is -2.28. The molecule has 1 amide bonds. The fourth-order valence-electron chi connectivity index (χ4n) is 4.28. The minimum atomic E-state index is -0.289. The lowest BCUT2D eigenvalue weighted by molar-refractivity contribution is 0.0707. The maximum Gasteiger partial charge on any atom is 0.273 e. The van der Waals surface area contributed by atoms with Crippen molar-refractivity contribution < 1.29 is 9.18 Å². The first-order valence-corrected chi connectivity index (χ1v) is 9.35. The summed E-state index contributed by atoms with van der Waals surface area (Å²) in [6, 6.07) is 8.09. The number of likely N-dealkylation sites (tertiary alicyclic amines) is 1. The van der Waals surface area contributed by atoms with Crippen LogP contribution >= 0.6 is 0 Å². The molecule has 0 aliphatic carbocycles. The second-order valence-electron chi connectivity index (χ2n) is 7.73. The van der Waals surface area contributed by atoms with Crippen LogP contribution in [0.15, 0.2) is 30.3 Å². The van der Waals surface area contributed by atoms with Gasteiger partial charge in [0.2, 0.25) is 5.95 Å². The highest BCUT2D eigenvalue weighted by atomic mass is 19.1. The van der Waals surface area contributed by atoms with Crippen molar-refractivity contribution in [1.29, 1.82) is 0 Å². The molecular formula is C20H24FN5O. The molecule has 0 spiro atoms. The molecule has 3 N–H and O–H groups in total. The number of nitrogens with zero attached hydrogens (tertiary/aromatic N) is 3. The van der Waals surface area contributed by atoms with Gasteiger partial charge in [0, 0.05) is 31.2 Å². The second kappa shape index (κ2) is 6.88. The molecule has 0 radical (unpaired) electrons. The normalized spacial score (nSPS) is 24.4. The Kier molecular flexibility index (Phi) is 4.55. The second-order valence-corrected chi connectivity index (χ2v) is 7.73. The fraction of sp³-hybridized carbons (Fsp3) is 0.450. The first-order valence-electron chi connectivity index (χ1n) is 9.35. The van der Waals surface area contributed by atoms with Gasteiger partial charge in [-0.2, -0.15) is 0 Å². The van der Waals surface area contributed by atoms with Crippen molar-refractivity contribution >= 4 is 11.9 Å². The van der Waals surface area contributed by atoms with E-state index in [-0.39, 0.29) is 35.6 Å². The Morgan fingerprint density at radius 2 is 2.11 bits per heavy atom. The molecule has 4 rings (SSSR count). The molecule has 2 aliphatic heterocycles. The van der Waals surface area contributed by atoms with Crippen LogP contribution in [0.25, 0.3) is 0 Å². The Morgan fingerprint density at radius 1 is 1.30 bits per heavy atom. The summed E-state index contributed by atoms with van der Waals surface area (Å²) < 4.78 is 13.9. The lowest BCUT2D eigenvalue weighted by Crippen LogP contribution is -2.35. The van der Waals surface area contributed by atoms with Crippen molar-refractivity contribution in [3.8, 4) is 0 Å². The van der Waals surface area contributed by atoms with E-state index in [0.717, 1.165) is 24.3 Å². The molecule has 142 valence electrons. The number of amides is 1. The van der Waals surface area contributed by atoms with E-state index in [1.165, 1.54) is 12.1 Å². The number of carbonyl (C=O) groups is 1. The minimum Gasteiger partial charge on any atom is -0.368 e. The molecular weight excluding hydrogens is 345 g/mol. The molecule has 3 heterocycles. The summed E-state index contributed by atoms with van der Waals surface area (Å²) in [5.74, 6) is 0.402. The van der Waals surface area contributed by atoms with Crippen LogP contribution in [0, 0.1) is 17.7 Å². The van der Waals surface area contributed by atoms with Gasteiger partial charge in [0.1, 0.15) is 11.5 Å². The molecule has 1 aromatic carbocycles. The van der Waals surface area contributed by atoms with Crippen LogP contribution in [-0.4, -0.2) is 40.4 Å². The summed E-state index contributed by atoms with van der Waals surface area (Å²) in [5, 5.41) is 3.39. The Bertz CT molecular complexity index is 871. The number of fused-ring (bicyclic) bond motifs is 1. The van der Waals surface area contributed by atoms with Crippen LogP contribution in [0.5, 0.6) is 0 Å². The van der Waals surface area contributed by atoms with Gasteiger partial charge in [0.15, 0.2) is 0 Å². The number of nitrogen functional groups attached to an aromatic ring is 1. The number of halogens is 1. The summed E-state index contributed by atoms with van der Waals surface area (Å²) in [4.78, 5) is 23.6. The molecule has 2 aliphatic rings. The molecule has 3 atom stereocenters. The third-order valence-corrected chi connectivity index (χ3v) is 5.59. The quantitative estimate of drug-likeness (QED) is 0.868. The Morgan fingerprint density at radius 3 is 2.85 bits per heavy atom. The van der Waals surface area contributed by atoms with E-state index < -0.39 is 0 Å². The highest BCUT2D eigenvalue weighted by Crippen LogP contribution is 2.43. The average Bonchev–Trinajstić information content (AvgIpc) is 3.21. The molecule has 0 unspecified atom stereocenters. The zero-order chi connectivity index (χ0) is 19.1. The zero-order valence-corrected chi connectivity index (χ0v) is 15.5. The predicted octanol–water partition coefficient (Wildman–Crippen LogP) is 2.35. The largest absolute Gasteiger partial charge is 0.368 e. The predicted molar refractivity (Wildman–Crippen MR) is 101 cm³/mol. The summed E-state index contributed by atoms with van der Waals surface area (Å²) in [6.45, 7) is 6.30. The van der Waals surface area contributed by atoms with Crippen LogP contribution in [0.2, 0.25) is 0 Å².